The lowest BCUT2D eigenvalue weighted by molar-refractivity contribution is 0.0934. The highest BCUT2D eigenvalue weighted by molar-refractivity contribution is 5.96. The first-order valence-corrected chi connectivity index (χ1v) is 7.13. The van der Waals surface area contributed by atoms with E-state index in [0.717, 1.165) is 24.0 Å². The molecule has 1 amide bonds. The summed E-state index contributed by atoms with van der Waals surface area (Å²) in [5.41, 5.74) is 2.42. The number of carbonyl (C=O) groups is 1. The van der Waals surface area contributed by atoms with Crippen molar-refractivity contribution in [3.05, 3.63) is 34.9 Å². The second kappa shape index (κ2) is 8.39. The van der Waals surface area contributed by atoms with Crippen molar-refractivity contribution in [2.75, 3.05) is 6.61 Å². The number of carbonyl (C=O) groups excluding carboxylic acids is 1. The van der Waals surface area contributed by atoms with E-state index in [-0.39, 0.29) is 18.6 Å². The molecule has 1 aromatic carbocycles. The van der Waals surface area contributed by atoms with E-state index in [1.807, 2.05) is 25.1 Å². The molecule has 2 N–H and O–H groups in total. The number of benzene rings is 1. The van der Waals surface area contributed by atoms with Crippen molar-refractivity contribution in [1.82, 2.24) is 5.32 Å². The van der Waals surface area contributed by atoms with Gasteiger partial charge in [0, 0.05) is 23.6 Å². The standard InChI is InChI=1S/C17H23NO2/c1-4-15(5-2)18-17(20)16-12-14(8-6-7-11-19)10-9-13(16)3/h9-10,12,15,19H,4-5,7,11H2,1-3H3,(H,18,20). The monoisotopic (exact) mass is 273 g/mol. The van der Waals surface area contributed by atoms with E-state index in [0.29, 0.717) is 12.0 Å². The van der Waals surface area contributed by atoms with Crippen LogP contribution in [0.4, 0.5) is 0 Å². The Bertz CT molecular complexity index is 507. The van der Waals surface area contributed by atoms with Crippen LogP contribution >= 0.6 is 0 Å². The highest BCUT2D eigenvalue weighted by Crippen LogP contribution is 2.11. The number of aryl methyl sites for hydroxylation is 1. The van der Waals surface area contributed by atoms with Gasteiger partial charge in [-0.2, -0.15) is 0 Å². The van der Waals surface area contributed by atoms with Gasteiger partial charge in [0.2, 0.25) is 0 Å². The number of nitrogens with one attached hydrogen (secondary N) is 1. The van der Waals surface area contributed by atoms with Crippen LogP contribution in [0.1, 0.15) is 54.6 Å². The van der Waals surface area contributed by atoms with Crippen molar-refractivity contribution < 1.29 is 9.90 Å². The first kappa shape index (κ1) is 16.3. The molecule has 0 fully saturated rings. The third-order valence-corrected chi connectivity index (χ3v) is 3.27. The Kier molecular flexibility index (Phi) is 6.83. The third-order valence-electron chi connectivity index (χ3n) is 3.27. The average molecular weight is 273 g/mol. The Morgan fingerprint density at radius 2 is 2.05 bits per heavy atom. The summed E-state index contributed by atoms with van der Waals surface area (Å²) < 4.78 is 0. The fourth-order valence-electron chi connectivity index (χ4n) is 1.92. The quantitative estimate of drug-likeness (QED) is 0.810. The predicted octanol–water partition coefficient (Wildman–Crippen LogP) is 2.65. The molecule has 1 rings (SSSR count). The molecule has 0 unspecified atom stereocenters. The molecule has 0 aliphatic heterocycles. The third kappa shape index (κ3) is 4.71. The van der Waals surface area contributed by atoms with Crippen molar-refractivity contribution in [3.8, 4) is 11.8 Å². The Hall–Kier alpha value is -1.79. The molecular formula is C17H23NO2. The maximum atomic E-state index is 12.3. The van der Waals surface area contributed by atoms with E-state index in [1.165, 1.54) is 0 Å². The average Bonchev–Trinajstić information content (AvgIpc) is 2.46. The fraction of sp³-hybridized carbons (Fsp3) is 0.471. The summed E-state index contributed by atoms with van der Waals surface area (Å²) in [5.74, 6) is 5.79. The molecule has 108 valence electrons. The van der Waals surface area contributed by atoms with Crippen molar-refractivity contribution in [2.24, 2.45) is 0 Å². The van der Waals surface area contributed by atoms with E-state index >= 15 is 0 Å². The molecule has 0 heterocycles. The summed E-state index contributed by atoms with van der Waals surface area (Å²) in [4.78, 5) is 12.3. The van der Waals surface area contributed by atoms with Crippen molar-refractivity contribution in [2.45, 2.75) is 46.1 Å². The summed E-state index contributed by atoms with van der Waals surface area (Å²) >= 11 is 0. The number of aliphatic hydroxyl groups excluding tert-OH is 1. The van der Waals surface area contributed by atoms with Gasteiger partial charge in [-0.1, -0.05) is 31.8 Å². The van der Waals surface area contributed by atoms with Crippen molar-refractivity contribution >= 4 is 5.91 Å². The van der Waals surface area contributed by atoms with Crippen molar-refractivity contribution in [3.63, 3.8) is 0 Å². The van der Waals surface area contributed by atoms with E-state index in [2.05, 4.69) is 31.0 Å². The Morgan fingerprint density at radius 1 is 1.35 bits per heavy atom. The van der Waals surface area contributed by atoms with Crippen molar-refractivity contribution in [1.29, 1.82) is 0 Å². The van der Waals surface area contributed by atoms with Gasteiger partial charge in [0.15, 0.2) is 0 Å². The van der Waals surface area contributed by atoms with E-state index in [4.69, 9.17) is 5.11 Å². The normalized spacial score (nSPS) is 10.1. The van der Waals surface area contributed by atoms with Gasteiger partial charge in [-0.15, -0.1) is 0 Å². The summed E-state index contributed by atoms with van der Waals surface area (Å²) in [6.07, 6.45) is 2.30. The lowest BCUT2D eigenvalue weighted by Crippen LogP contribution is -2.34. The maximum absolute atomic E-state index is 12.3. The molecular weight excluding hydrogens is 250 g/mol. The Balaban J connectivity index is 2.91. The summed E-state index contributed by atoms with van der Waals surface area (Å²) in [5, 5.41) is 11.8. The van der Waals surface area contributed by atoms with Crippen LogP contribution in [0.5, 0.6) is 0 Å². The van der Waals surface area contributed by atoms with Gasteiger partial charge >= 0.3 is 0 Å². The zero-order valence-corrected chi connectivity index (χ0v) is 12.5. The molecule has 0 atom stereocenters. The number of rotatable bonds is 5. The maximum Gasteiger partial charge on any atom is 0.251 e. The van der Waals surface area contributed by atoms with Gasteiger partial charge in [0.25, 0.3) is 5.91 Å². The highest BCUT2D eigenvalue weighted by atomic mass is 16.2. The smallest absolute Gasteiger partial charge is 0.251 e. The van der Waals surface area contributed by atoms with Crippen LogP contribution in [-0.4, -0.2) is 23.7 Å². The van der Waals surface area contributed by atoms with Gasteiger partial charge in [-0.05, 0) is 37.5 Å². The highest BCUT2D eigenvalue weighted by Gasteiger charge is 2.13. The second-order valence-electron chi connectivity index (χ2n) is 4.79. The van der Waals surface area contributed by atoms with Gasteiger partial charge in [0.1, 0.15) is 0 Å². The topological polar surface area (TPSA) is 49.3 Å². The summed E-state index contributed by atoms with van der Waals surface area (Å²) in [7, 11) is 0. The number of hydrogen-bond donors (Lipinski definition) is 2. The van der Waals surface area contributed by atoms with E-state index in [9.17, 15) is 4.79 Å². The molecule has 1 aromatic rings. The van der Waals surface area contributed by atoms with Crippen LogP contribution in [0.2, 0.25) is 0 Å². The minimum atomic E-state index is -0.0398. The zero-order valence-electron chi connectivity index (χ0n) is 12.5. The molecule has 0 radical (unpaired) electrons. The summed E-state index contributed by atoms with van der Waals surface area (Å²) in [6.45, 7) is 6.11. The fourth-order valence-corrected chi connectivity index (χ4v) is 1.92. The van der Waals surface area contributed by atoms with Gasteiger partial charge in [0.05, 0.1) is 6.61 Å². The van der Waals surface area contributed by atoms with Gasteiger partial charge < -0.3 is 10.4 Å². The van der Waals surface area contributed by atoms with Crippen LogP contribution in [0.25, 0.3) is 0 Å². The zero-order chi connectivity index (χ0) is 15.0. The first-order valence-electron chi connectivity index (χ1n) is 7.13. The molecule has 0 bridgehead atoms. The molecule has 0 aromatic heterocycles. The lowest BCUT2D eigenvalue weighted by Gasteiger charge is -2.15. The lowest BCUT2D eigenvalue weighted by atomic mass is 10.0. The second-order valence-corrected chi connectivity index (χ2v) is 4.79. The molecule has 0 spiro atoms. The molecule has 3 heteroatoms. The largest absolute Gasteiger partial charge is 0.395 e. The SMILES string of the molecule is CCC(CC)NC(=O)c1cc(C#CCCO)ccc1C. The molecule has 20 heavy (non-hydrogen) atoms. The predicted molar refractivity (Wildman–Crippen MR) is 81.6 cm³/mol. The van der Waals surface area contributed by atoms with Gasteiger partial charge in [-0.25, -0.2) is 0 Å². The minimum absolute atomic E-state index is 0.0398. The molecule has 0 saturated heterocycles. The first-order chi connectivity index (χ1) is 9.62. The number of hydrogen-bond acceptors (Lipinski definition) is 2. The number of aliphatic hydroxyl groups is 1. The van der Waals surface area contributed by atoms with Crippen LogP contribution in [-0.2, 0) is 0 Å². The summed E-state index contributed by atoms with van der Waals surface area (Å²) in [6, 6.07) is 5.83. The van der Waals surface area contributed by atoms with Crippen LogP contribution in [0.3, 0.4) is 0 Å². The van der Waals surface area contributed by atoms with Crippen LogP contribution < -0.4 is 5.32 Å². The minimum Gasteiger partial charge on any atom is -0.395 e. The Morgan fingerprint density at radius 3 is 2.65 bits per heavy atom. The van der Waals surface area contributed by atoms with E-state index < -0.39 is 0 Å². The molecule has 0 aliphatic carbocycles. The molecule has 0 saturated carbocycles. The van der Waals surface area contributed by atoms with Gasteiger partial charge in [-0.3, -0.25) is 4.79 Å². The molecule has 3 nitrogen and oxygen atoms in total. The van der Waals surface area contributed by atoms with Crippen LogP contribution in [0.15, 0.2) is 18.2 Å². The van der Waals surface area contributed by atoms with Crippen LogP contribution in [0, 0.1) is 18.8 Å². The Labute approximate surface area is 121 Å². The molecule has 0 aliphatic rings. The van der Waals surface area contributed by atoms with E-state index in [1.54, 1.807) is 0 Å². The number of amides is 1.